The molecular formula is C26H27Cl2NO4. The van der Waals surface area contributed by atoms with Crippen LogP contribution in [0.5, 0.6) is 23.0 Å². The number of hydrogen-bond acceptors (Lipinski definition) is 5. The molecule has 0 aliphatic carbocycles. The van der Waals surface area contributed by atoms with E-state index in [0.717, 1.165) is 48.2 Å². The largest absolute Gasteiger partial charge is 0.504 e. The zero-order valence-electron chi connectivity index (χ0n) is 19.0. The lowest BCUT2D eigenvalue weighted by Gasteiger charge is -2.31. The third-order valence-electron chi connectivity index (χ3n) is 6.15. The molecule has 33 heavy (non-hydrogen) atoms. The first kappa shape index (κ1) is 23.6. The van der Waals surface area contributed by atoms with Crippen molar-refractivity contribution in [3.05, 3.63) is 69.2 Å². The Hall–Kier alpha value is -2.60. The maximum atomic E-state index is 11.1. The molecule has 0 saturated carbocycles. The number of methoxy groups -OCH3 is 3. The van der Waals surface area contributed by atoms with Crippen molar-refractivity contribution >= 4 is 23.2 Å². The molecule has 0 aromatic heterocycles. The van der Waals surface area contributed by atoms with Gasteiger partial charge in [0.2, 0.25) is 0 Å². The van der Waals surface area contributed by atoms with E-state index in [9.17, 15) is 5.11 Å². The SMILES string of the molecule is COc1ccc(-c2c(O)c(OC)cc3c2CN(CCc2ccc(Cl)cc2Cl)CC3)c(OC)c1. The second-order valence-corrected chi connectivity index (χ2v) is 8.86. The molecule has 174 valence electrons. The predicted molar refractivity (Wildman–Crippen MR) is 132 cm³/mol. The van der Waals surface area contributed by atoms with Gasteiger partial charge in [0.25, 0.3) is 0 Å². The van der Waals surface area contributed by atoms with E-state index in [-0.39, 0.29) is 5.75 Å². The first-order valence-corrected chi connectivity index (χ1v) is 11.5. The topological polar surface area (TPSA) is 51.2 Å². The van der Waals surface area contributed by atoms with Crippen LogP contribution < -0.4 is 14.2 Å². The summed E-state index contributed by atoms with van der Waals surface area (Å²) < 4.78 is 16.5. The molecule has 0 bridgehead atoms. The molecule has 4 rings (SSSR count). The van der Waals surface area contributed by atoms with Crippen molar-refractivity contribution in [2.24, 2.45) is 0 Å². The van der Waals surface area contributed by atoms with Crippen LogP contribution in [0.4, 0.5) is 0 Å². The Labute approximate surface area is 204 Å². The fourth-order valence-electron chi connectivity index (χ4n) is 4.37. The molecule has 0 saturated heterocycles. The number of phenolic OH excluding ortho intramolecular Hbond substituents is 1. The Morgan fingerprint density at radius 1 is 0.939 bits per heavy atom. The van der Waals surface area contributed by atoms with Crippen LogP contribution in [0.1, 0.15) is 16.7 Å². The molecule has 0 atom stereocenters. The summed E-state index contributed by atoms with van der Waals surface area (Å²) in [6, 6.07) is 13.2. The van der Waals surface area contributed by atoms with Crippen LogP contribution in [0.25, 0.3) is 11.1 Å². The van der Waals surface area contributed by atoms with Crippen LogP contribution in [0.2, 0.25) is 10.0 Å². The summed E-state index contributed by atoms with van der Waals surface area (Å²) in [5, 5.41) is 12.5. The average Bonchev–Trinajstić information content (AvgIpc) is 2.83. The molecule has 1 N–H and O–H groups in total. The van der Waals surface area contributed by atoms with Gasteiger partial charge in [0.05, 0.1) is 21.3 Å². The molecule has 0 unspecified atom stereocenters. The average molecular weight is 488 g/mol. The molecular weight excluding hydrogens is 461 g/mol. The lowest BCUT2D eigenvalue weighted by Crippen LogP contribution is -2.32. The van der Waals surface area contributed by atoms with Crippen LogP contribution in [0.15, 0.2) is 42.5 Å². The summed E-state index contributed by atoms with van der Waals surface area (Å²) in [4.78, 5) is 2.37. The molecule has 0 fully saturated rings. The van der Waals surface area contributed by atoms with Crippen molar-refractivity contribution in [2.45, 2.75) is 19.4 Å². The maximum absolute atomic E-state index is 11.1. The van der Waals surface area contributed by atoms with Crippen molar-refractivity contribution < 1.29 is 19.3 Å². The minimum atomic E-state index is 0.113. The number of ether oxygens (including phenoxy) is 3. The van der Waals surface area contributed by atoms with Gasteiger partial charge in [-0.1, -0.05) is 29.3 Å². The van der Waals surface area contributed by atoms with Crippen LogP contribution in [0, 0.1) is 0 Å². The zero-order chi connectivity index (χ0) is 23.5. The molecule has 3 aromatic rings. The monoisotopic (exact) mass is 487 g/mol. The van der Waals surface area contributed by atoms with Crippen LogP contribution >= 0.6 is 23.2 Å². The van der Waals surface area contributed by atoms with E-state index in [1.54, 1.807) is 27.4 Å². The number of rotatable bonds is 7. The Bertz CT molecular complexity index is 1170. The molecule has 1 aliphatic rings. The lowest BCUT2D eigenvalue weighted by atomic mass is 9.89. The highest BCUT2D eigenvalue weighted by molar-refractivity contribution is 6.35. The van der Waals surface area contributed by atoms with Crippen LogP contribution in [0.3, 0.4) is 0 Å². The summed E-state index contributed by atoms with van der Waals surface area (Å²) in [5.74, 6) is 1.89. The smallest absolute Gasteiger partial charge is 0.166 e. The normalized spacial score (nSPS) is 13.5. The van der Waals surface area contributed by atoms with E-state index in [4.69, 9.17) is 37.4 Å². The minimum Gasteiger partial charge on any atom is -0.504 e. The lowest BCUT2D eigenvalue weighted by molar-refractivity contribution is 0.256. The standard InChI is InChI=1S/C26H27Cl2NO4/c1-31-19-6-7-20(23(14-19)32-2)25-21-15-29(10-8-16-4-5-18(27)13-22(16)28)11-9-17(21)12-24(33-3)26(25)30/h4-7,12-14,30H,8-11,15H2,1-3H3. The number of fused-ring (bicyclic) bond motifs is 1. The molecule has 5 nitrogen and oxygen atoms in total. The minimum absolute atomic E-state index is 0.113. The first-order chi connectivity index (χ1) is 15.9. The summed E-state index contributed by atoms with van der Waals surface area (Å²) in [6.07, 6.45) is 1.67. The Morgan fingerprint density at radius 3 is 2.42 bits per heavy atom. The number of benzene rings is 3. The van der Waals surface area contributed by atoms with E-state index < -0.39 is 0 Å². The van der Waals surface area contributed by atoms with Gasteiger partial charge in [-0.25, -0.2) is 0 Å². The van der Waals surface area contributed by atoms with Gasteiger partial charge in [-0.05, 0) is 59.9 Å². The van der Waals surface area contributed by atoms with Gasteiger partial charge in [0.15, 0.2) is 11.5 Å². The fraction of sp³-hybridized carbons (Fsp3) is 0.308. The van der Waals surface area contributed by atoms with Gasteiger partial charge < -0.3 is 19.3 Å². The Balaban J connectivity index is 1.69. The summed E-state index contributed by atoms with van der Waals surface area (Å²) in [7, 11) is 4.80. The molecule has 0 amide bonds. The van der Waals surface area contributed by atoms with Crippen molar-refractivity contribution in [2.75, 3.05) is 34.4 Å². The van der Waals surface area contributed by atoms with E-state index in [1.807, 2.05) is 36.4 Å². The first-order valence-electron chi connectivity index (χ1n) is 10.8. The number of nitrogens with zero attached hydrogens (tertiary/aromatic N) is 1. The molecule has 1 aliphatic heterocycles. The van der Waals surface area contributed by atoms with E-state index in [0.29, 0.717) is 33.8 Å². The predicted octanol–water partition coefficient (Wildman–Crippen LogP) is 5.99. The second kappa shape index (κ2) is 10.1. The highest BCUT2D eigenvalue weighted by Gasteiger charge is 2.26. The highest BCUT2D eigenvalue weighted by atomic mass is 35.5. The summed E-state index contributed by atoms with van der Waals surface area (Å²) in [5.41, 5.74) is 4.84. The zero-order valence-corrected chi connectivity index (χ0v) is 20.5. The Kier molecular flexibility index (Phi) is 7.23. The van der Waals surface area contributed by atoms with Crippen molar-refractivity contribution in [1.29, 1.82) is 0 Å². The van der Waals surface area contributed by atoms with Gasteiger partial charge in [0.1, 0.15) is 11.5 Å². The number of halogens is 2. The number of aromatic hydroxyl groups is 1. The van der Waals surface area contributed by atoms with Crippen molar-refractivity contribution in [3.8, 4) is 34.1 Å². The number of hydrogen-bond donors (Lipinski definition) is 1. The van der Waals surface area contributed by atoms with E-state index in [2.05, 4.69) is 4.90 Å². The third-order valence-corrected chi connectivity index (χ3v) is 6.74. The molecule has 3 aromatic carbocycles. The number of phenols is 1. The van der Waals surface area contributed by atoms with Gasteiger partial charge in [0, 0.05) is 46.9 Å². The van der Waals surface area contributed by atoms with E-state index in [1.165, 1.54) is 5.56 Å². The molecule has 7 heteroatoms. The molecule has 1 heterocycles. The van der Waals surface area contributed by atoms with Gasteiger partial charge in [-0.2, -0.15) is 0 Å². The van der Waals surface area contributed by atoms with E-state index >= 15 is 0 Å². The highest BCUT2D eigenvalue weighted by Crippen LogP contribution is 2.47. The summed E-state index contributed by atoms with van der Waals surface area (Å²) >= 11 is 12.4. The Morgan fingerprint density at radius 2 is 1.73 bits per heavy atom. The molecule has 0 spiro atoms. The van der Waals surface area contributed by atoms with Crippen molar-refractivity contribution in [1.82, 2.24) is 4.90 Å². The maximum Gasteiger partial charge on any atom is 0.166 e. The van der Waals surface area contributed by atoms with Gasteiger partial charge in [-0.15, -0.1) is 0 Å². The third kappa shape index (κ3) is 4.86. The molecule has 0 radical (unpaired) electrons. The fourth-order valence-corrected chi connectivity index (χ4v) is 4.87. The van der Waals surface area contributed by atoms with Gasteiger partial charge >= 0.3 is 0 Å². The summed E-state index contributed by atoms with van der Waals surface area (Å²) in [6.45, 7) is 2.45. The van der Waals surface area contributed by atoms with Gasteiger partial charge in [-0.3, -0.25) is 4.90 Å². The quantitative estimate of drug-likeness (QED) is 0.443. The van der Waals surface area contributed by atoms with Crippen LogP contribution in [-0.2, 0) is 19.4 Å². The van der Waals surface area contributed by atoms with Crippen molar-refractivity contribution in [3.63, 3.8) is 0 Å². The second-order valence-electron chi connectivity index (χ2n) is 8.02. The van der Waals surface area contributed by atoms with Crippen LogP contribution in [-0.4, -0.2) is 44.4 Å².